The van der Waals surface area contributed by atoms with E-state index in [1.54, 1.807) is 5.57 Å². The second-order valence-corrected chi connectivity index (χ2v) is 9.88. The Morgan fingerprint density at radius 3 is 2.89 bits per heavy atom. The maximum atomic E-state index is 9.86. The fourth-order valence-electron chi connectivity index (χ4n) is 6.57. The molecule has 0 spiro atoms. The second-order valence-electron chi connectivity index (χ2n) is 9.88. The number of nitrogens with zero attached hydrogens (tertiary/aromatic N) is 1. The molecule has 3 aliphatic carbocycles. The molecule has 0 aromatic heterocycles. The van der Waals surface area contributed by atoms with Crippen molar-refractivity contribution in [2.75, 3.05) is 33.7 Å². The van der Waals surface area contributed by atoms with Gasteiger partial charge in [0, 0.05) is 6.54 Å². The highest BCUT2D eigenvalue weighted by Crippen LogP contribution is 2.62. The summed E-state index contributed by atoms with van der Waals surface area (Å²) in [5.74, 6) is 2.82. The molecule has 3 aliphatic rings. The number of phenols is 1. The molecule has 0 heterocycles. The highest BCUT2D eigenvalue weighted by Gasteiger charge is 2.52. The third kappa shape index (κ3) is 3.76. The van der Waals surface area contributed by atoms with E-state index >= 15 is 0 Å². The number of hydrogen-bond donors (Lipinski definition) is 2. The SMILES string of the molecule is CN(C)CCCNC/C=C1\CC[C@H]2[C@@H]3CCc4cc(O)ccc4[C@H]3CC[C@]12C. The molecule has 1 aromatic rings. The van der Waals surface area contributed by atoms with Crippen LogP contribution in [0.4, 0.5) is 0 Å². The Morgan fingerprint density at radius 1 is 1.21 bits per heavy atom. The van der Waals surface area contributed by atoms with Crippen LogP contribution in [-0.4, -0.2) is 43.7 Å². The normalized spacial score (nSPS) is 33.0. The minimum atomic E-state index is 0.418. The highest BCUT2D eigenvalue weighted by molar-refractivity contribution is 5.40. The van der Waals surface area contributed by atoms with Gasteiger partial charge in [0.2, 0.25) is 0 Å². The molecule has 3 heteroatoms. The summed E-state index contributed by atoms with van der Waals surface area (Å²) in [5, 5.41) is 13.5. The Kier molecular flexibility index (Phi) is 5.85. The molecule has 4 rings (SSSR count). The zero-order valence-corrected chi connectivity index (χ0v) is 18.0. The van der Waals surface area contributed by atoms with E-state index in [4.69, 9.17) is 0 Å². The summed E-state index contributed by atoms with van der Waals surface area (Å²) in [5.41, 5.74) is 5.09. The molecule has 4 atom stereocenters. The van der Waals surface area contributed by atoms with Crippen molar-refractivity contribution >= 4 is 0 Å². The van der Waals surface area contributed by atoms with Crippen LogP contribution in [0.15, 0.2) is 29.8 Å². The van der Waals surface area contributed by atoms with Crippen LogP contribution in [0.3, 0.4) is 0 Å². The van der Waals surface area contributed by atoms with Crippen molar-refractivity contribution in [3.63, 3.8) is 0 Å². The van der Waals surface area contributed by atoms with Crippen molar-refractivity contribution in [3.05, 3.63) is 41.0 Å². The van der Waals surface area contributed by atoms with Crippen LogP contribution >= 0.6 is 0 Å². The average molecular weight is 383 g/mol. The van der Waals surface area contributed by atoms with Crippen LogP contribution < -0.4 is 5.32 Å². The van der Waals surface area contributed by atoms with E-state index in [9.17, 15) is 5.11 Å². The topological polar surface area (TPSA) is 35.5 Å². The van der Waals surface area contributed by atoms with E-state index in [1.165, 1.54) is 49.7 Å². The molecule has 3 nitrogen and oxygen atoms in total. The zero-order chi connectivity index (χ0) is 19.7. The molecule has 2 saturated carbocycles. The number of rotatable bonds is 6. The Bertz CT molecular complexity index is 725. The Labute approximate surface area is 171 Å². The fraction of sp³-hybridized carbons (Fsp3) is 0.680. The first-order valence-corrected chi connectivity index (χ1v) is 11.4. The van der Waals surface area contributed by atoms with Crippen LogP contribution in [-0.2, 0) is 6.42 Å². The summed E-state index contributed by atoms with van der Waals surface area (Å²) in [6.45, 7) is 5.86. The van der Waals surface area contributed by atoms with Gasteiger partial charge in [0.05, 0.1) is 0 Å². The van der Waals surface area contributed by atoms with Gasteiger partial charge in [-0.3, -0.25) is 0 Å². The largest absolute Gasteiger partial charge is 0.508 e. The molecule has 0 unspecified atom stereocenters. The van der Waals surface area contributed by atoms with Gasteiger partial charge in [-0.25, -0.2) is 0 Å². The van der Waals surface area contributed by atoms with Crippen molar-refractivity contribution in [2.45, 2.75) is 57.8 Å². The van der Waals surface area contributed by atoms with E-state index in [1.807, 2.05) is 12.1 Å². The van der Waals surface area contributed by atoms with E-state index in [0.717, 1.165) is 37.9 Å². The van der Waals surface area contributed by atoms with E-state index in [-0.39, 0.29) is 0 Å². The third-order valence-electron chi connectivity index (χ3n) is 8.01. The number of aromatic hydroxyl groups is 1. The molecule has 28 heavy (non-hydrogen) atoms. The Morgan fingerprint density at radius 2 is 2.07 bits per heavy atom. The zero-order valence-electron chi connectivity index (χ0n) is 18.0. The average Bonchev–Trinajstić information content (AvgIpc) is 3.00. The van der Waals surface area contributed by atoms with Crippen molar-refractivity contribution in [1.82, 2.24) is 10.2 Å². The van der Waals surface area contributed by atoms with Crippen LogP contribution in [0.5, 0.6) is 5.75 Å². The third-order valence-corrected chi connectivity index (χ3v) is 8.01. The molecule has 0 radical (unpaired) electrons. The van der Waals surface area contributed by atoms with Gasteiger partial charge in [0.15, 0.2) is 0 Å². The monoisotopic (exact) mass is 382 g/mol. The van der Waals surface area contributed by atoms with E-state index in [2.05, 4.69) is 43.4 Å². The minimum Gasteiger partial charge on any atom is -0.508 e. The predicted molar refractivity (Wildman–Crippen MR) is 117 cm³/mol. The summed E-state index contributed by atoms with van der Waals surface area (Å²) < 4.78 is 0. The molecular formula is C25H38N2O. The lowest BCUT2D eigenvalue weighted by Gasteiger charge is -2.49. The molecule has 1 aromatic carbocycles. The maximum absolute atomic E-state index is 9.86. The Balaban J connectivity index is 1.41. The summed E-state index contributed by atoms with van der Waals surface area (Å²) >= 11 is 0. The molecule has 2 fully saturated rings. The number of hydrogen-bond acceptors (Lipinski definition) is 3. The highest BCUT2D eigenvalue weighted by atomic mass is 16.3. The first-order valence-electron chi connectivity index (χ1n) is 11.4. The van der Waals surface area contributed by atoms with Gasteiger partial charge >= 0.3 is 0 Å². The second kappa shape index (κ2) is 8.20. The first-order chi connectivity index (χ1) is 13.5. The van der Waals surface area contributed by atoms with Gasteiger partial charge in [-0.2, -0.15) is 0 Å². The van der Waals surface area contributed by atoms with Crippen LogP contribution in [0.1, 0.15) is 62.5 Å². The number of phenolic OH excluding ortho intramolecular Hbond substituents is 1. The first kappa shape index (κ1) is 20.0. The Hall–Kier alpha value is -1.32. The lowest BCUT2D eigenvalue weighted by Crippen LogP contribution is -2.40. The smallest absolute Gasteiger partial charge is 0.115 e. The molecule has 0 saturated heterocycles. The standard InChI is InChI=1S/C25H38N2O/c1-25-13-11-22-21-9-7-20(28)17-18(21)5-8-23(22)24(25)10-6-19(25)12-15-26-14-4-16-27(2)3/h7,9,12,17,22-24,26,28H,4-6,8,10-11,13-16H2,1-3H3/b19-12+/t22-,23-,24+,25-/m1/s1. The number of fused-ring (bicyclic) bond motifs is 5. The van der Waals surface area contributed by atoms with Crippen molar-refractivity contribution in [1.29, 1.82) is 0 Å². The van der Waals surface area contributed by atoms with Crippen LogP contribution in [0.25, 0.3) is 0 Å². The number of nitrogens with one attached hydrogen (secondary N) is 1. The number of allylic oxidation sites excluding steroid dienone is 1. The van der Waals surface area contributed by atoms with E-state index in [0.29, 0.717) is 17.1 Å². The molecule has 0 aliphatic heterocycles. The lowest BCUT2D eigenvalue weighted by molar-refractivity contribution is 0.0812. The quantitative estimate of drug-likeness (QED) is 0.552. The summed E-state index contributed by atoms with van der Waals surface area (Å²) in [7, 11) is 4.29. The van der Waals surface area contributed by atoms with Crippen molar-refractivity contribution in [2.24, 2.45) is 17.3 Å². The van der Waals surface area contributed by atoms with Crippen LogP contribution in [0, 0.1) is 17.3 Å². The molecule has 0 bridgehead atoms. The minimum absolute atomic E-state index is 0.418. The van der Waals surface area contributed by atoms with Gasteiger partial charge in [0.1, 0.15) is 5.75 Å². The van der Waals surface area contributed by atoms with Gasteiger partial charge in [-0.05, 0) is 119 Å². The van der Waals surface area contributed by atoms with Crippen molar-refractivity contribution in [3.8, 4) is 5.75 Å². The summed E-state index contributed by atoms with van der Waals surface area (Å²) in [4.78, 5) is 2.25. The van der Waals surface area contributed by atoms with Gasteiger partial charge in [-0.1, -0.05) is 24.6 Å². The van der Waals surface area contributed by atoms with Gasteiger partial charge < -0.3 is 15.3 Å². The number of benzene rings is 1. The molecular weight excluding hydrogens is 344 g/mol. The van der Waals surface area contributed by atoms with E-state index < -0.39 is 0 Å². The molecule has 2 N–H and O–H groups in total. The van der Waals surface area contributed by atoms with Crippen molar-refractivity contribution < 1.29 is 5.11 Å². The van der Waals surface area contributed by atoms with Crippen LogP contribution in [0.2, 0.25) is 0 Å². The summed E-state index contributed by atoms with van der Waals surface area (Å²) in [6.07, 6.45) is 11.5. The summed E-state index contributed by atoms with van der Waals surface area (Å²) in [6, 6.07) is 6.13. The molecule has 154 valence electrons. The van der Waals surface area contributed by atoms with Gasteiger partial charge in [0.25, 0.3) is 0 Å². The molecule has 0 amide bonds. The number of aryl methyl sites for hydroxylation is 1. The van der Waals surface area contributed by atoms with Gasteiger partial charge in [-0.15, -0.1) is 0 Å². The predicted octanol–water partition coefficient (Wildman–Crippen LogP) is 4.72. The lowest BCUT2D eigenvalue weighted by atomic mass is 9.55. The fourth-order valence-corrected chi connectivity index (χ4v) is 6.57. The maximum Gasteiger partial charge on any atom is 0.115 e.